The lowest BCUT2D eigenvalue weighted by Crippen LogP contribution is -2.40. The number of hydrogen-bond acceptors (Lipinski definition) is 4. The summed E-state index contributed by atoms with van der Waals surface area (Å²) in [5, 5.41) is 11.6. The van der Waals surface area contributed by atoms with Gasteiger partial charge in [-0.05, 0) is 56.4 Å². The summed E-state index contributed by atoms with van der Waals surface area (Å²) >= 11 is 0. The number of nitrogens with one attached hydrogen (secondary N) is 1. The van der Waals surface area contributed by atoms with E-state index in [1.807, 2.05) is 6.07 Å². The van der Waals surface area contributed by atoms with Crippen molar-refractivity contribution in [2.45, 2.75) is 32.1 Å². The second-order valence-electron chi connectivity index (χ2n) is 6.14. The topological polar surface area (TPSA) is 90.3 Å². The predicted molar refractivity (Wildman–Crippen MR) is 97.5 cm³/mol. The fourth-order valence-electron chi connectivity index (χ4n) is 2.78. The number of carbonyl (C=O) groups is 1. The van der Waals surface area contributed by atoms with Crippen LogP contribution in [-0.2, 0) is 14.8 Å². The van der Waals surface area contributed by atoms with Gasteiger partial charge in [0.15, 0.2) is 0 Å². The van der Waals surface area contributed by atoms with E-state index in [4.69, 9.17) is 5.26 Å². The van der Waals surface area contributed by atoms with Crippen LogP contribution in [0.1, 0.15) is 37.7 Å². The maximum Gasteiger partial charge on any atom is 0.240 e. The van der Waals surface area contributed by atoms with Crippen LogP contribution < -0.4 is 9.62 Å². The number of allylic oxidation sites excluding steroid dienone is 1. The molecule has 25 heavy (non-hydrogen) atoms. The van der Waals surface area contributed by atoms with E-state index >= 15 is 0 Å². The quantitative estimate of drug-likeness (QED) is 0.755. The number of nitrogens with zero attached hydrogens (tertiary/aromatic N) is 2. The monoisotopic (exact) mass is 361 g/mol. The molecule has 0 unspecified atom stereocenters. The molecule has 0 aliphatic heterocycles. The van der Waals surface area contributed by atoms with Gasteiger partial charge in [0.05, 0.1) is 23.6 Å². The first-order valence-electron chi connectivity index (χ1n) is 8.32. The molecule has 0 heterocycles. The SMILES string of the molecule is CS(=O)(=O)N(CC(=O)NCCC1=CCCCC1)c1ccc(C#N)cc1. The average molecular weight is 361 g/mol. The number of carbonyl (C=O) groups excluding carboxylic acids is 1. The minimum atomic E-state index is -3.60. The Balaban J connectivity index is 1.95. The second-order valence-corrected chi connectivity index (χ2v) is 8.04. The number of rotatable bonds is 7. The molecule has 7 heteroatoms. The molecular formula is C18H23N3O3S. The average Bonchev–Trinajstić information content (AvgIpc) is 2.60. The van der Waals surface area contributed by atoms with E-state index in [1.165, 1.54) is 42.7 Å². The fourth-order valence-corrected chi connectivity index (χ4v) is 3.64. The number of sulfonamides is 1. The van der Waals surface area contributed by atoms with Crippen LogP contribution in [0, 0.1) is 11.3 Å². The Morgan fingerprint density at radius 2 is 2.00 bits per heavy atom. The van der Waals surface area contributed by atoms with Gasteiger partial charge in [-0.3, -0.25) is 9.10 Å². The highest BCUT2D eigenvalue weighted by molar-refractivity contribution is 7.92. The van der Waals surface area contributed by atoms with Gasteiger partial charge >= 0.3 is 0 Å². The molecule has 0 fully saturated rings. The smallest absolute Gasteiger partial charge is 0.240 e. The predicted octanol–water partition coefficient (Wildman–Crippen LogP) is 2.33. The van der Waals surface area contributed by atoms with E-state index in [-0.39, 0.29) is 12.5 Å². The third kappa shape index (κ3) is 5.91. The molecule has 1 aromatic rings. The summed E-state index contributed by atoms with van der Waals surface area (Å²) in [5.41, 5.74) is 2.16. The first kappa shape index (κ1) is 19.0. The van der Waals surface area contributed by atoms with Crippen molar-refractivity contribution in [2.24, 2.45) is 0 Å². The molecule has 0 aromatic heterocycles. The van der Waals surface area contributed by atoms with Crippen LogP contribution in [0.3, 0.4) is 0 Å². The first-order chi connectivity index (χ1) is 11.9. The molecule has 0 saturated carbocycles. The third-order valence-electron chi connectivity index (χ3n) is 4.13. The molecule has 0 atom stereocenters. The minimum Gasteiger partial charge on any atom is -0.354 e. The zero-order valence-electron chi connectivity index (χ0n) is 14.4. The molecule has 134 valence electrons. The van der Waals surface area contributed by atoms with Gasteiger partial charge in [-0.15, -0.1) is 0 Å². The van der Waals surface area contributed by atoms with Crippen molar-refractivity contribution in [3.63, 3.8) is 0 Å². The lowest BCUT2D eigenvalue weighted by atomic mass is 9.97. The third-order valence-corrected chi connectivity index (χ3v) is 5.27. The Kier molecular flexibility index (Phi) is 6.59. The largest absolute Gasteiger partial charge is 0.354 e. The number of anilines is 1. The first-order valence-corrected chi connectivity index (χ1v) is 10.2. The van der Waals surface area contributed by atoms with Crippen LogP contribution in [0.2, 0.25) is 0 Å². The highest BCUT2D eigenvalue weighted by Gasteiger charge is 2.20. The Bertz CT molecular complexity index is 777. The number of benzene rings is 1. The van der Waals surface area contributed by atoms with Gasteiger partial charge in [-0.1, -0.05) is 11.6 Å². The molecule has 0 bridgehead atoms. The Morgan fingerprint density at radius 3 is 2.56 bits per heavy atom. The zero-order chi connectivity index (χ0) is 18.3. The minimum absolute atomic E-state index is 0.274. The summed E-state index contributed by atoms with van der Waals surface area (Å²) in [6.07, 6.45) is 8.70. The standard InChI is InChI=1S/C18H23N3O3S/c1-25(23,24)21(17-9-7-16(13-19)8-10-17)14-18(22)20-12-11-15-5-3-2-4-6-15/h5,7-10H,2-4,6,11-12,14H2,1H3,(H,20,22). The van der Waals surface area contributed by atoms with E-state index < -0.39 is 10.0 Å². The normalized spacial score (nSPS) is 14.3. The lowest BCUT2D eigenvalue weighted by molar-refractivity contribution is -0.119. The number of hydrogen-bond donors (Lipinski definition) is 1. The van der Waals surface area contributed by atoms with Crippen LogP contribution >= 0.6 is 0 Å². The lowest BCUT2D eigenvalue weighted by Gasteiger charge is -2.22. The summed E-state index contributed by atoms with van der Waals surface area (Å²) < 4.78 is 25.1. The molecule has 1 aromatic carbocycles. The summed E-state index contributed by atoms with van der Waals surface area (Å²) in [5.74, 6) is -0.341. The maximum absolute atomic E-state index is 12.1. The van der Waals surface area contributed by atoms with E-state index in [0.29, 0.717) is 17.8 Å². The number of amides is 1. The molecule has 1 aliphatic carbocycles. The fraction of sp³-hybridized carbons (Fsp3) is 0.444. The van der Waals surface area contributed by atoms with Crippen molar-refractivity contribution < 1.29 is 13.2 Å². The molecule has 0 saturated heterocycles. The van der Waals surface area contributed by atoms with Gasteiger partial charge in [0.25, 0.3) is 0 Å². The summed E-state index contributed by atoms with van der Waals surface area (Å²) in [6, 6.07) is 8.09. The van der Waals surface area contributed by atoms with Crippen LogP contribution in [0.25, 0.3) is 0 Å². The van der Waals surface area contributed by atoms with E-state index in [9.17, 15) is 13.2 Å². The van der Waals surface area contributed by atoms with Crippen molar-refractivity contribution in [3.8, 4) is 6.07 Å². The molecule has 1 amide bonds. The van der Waals surface area contributed by atoms with Gasteiger partial charge in [0, 0.05) is 6.54 Å². The van der Waals surface area contributed by atoms with Crippen molar-refractivity contribution in [2.75, 3.05) is 23.7 Å². The van der Waals surface area contributed by atoms with Gasteiger partial charge in [-0.25, -0.2) is 8.42 Å². The summed E-state index contributed by atoms with van der Waals surface area (Å²) in [4.78, 5) is 12.1. The summed E-state index contributed by atoms with van der Waals surface area (Å²) in [6.45, 7) is 0.236. The number of nitriles is 1. The highest BCUT2D eigenvalue weighted by Crippen LogP contribution is 2.20. The van der Waals surface area contributed by atoms with E-state index in [0.717, 1.165) is 29.8 Å². The molecule has 0 radical (unpaired) electrons. The van der Waals surface area contributed by atoms with Gasteiger partial charge in [0.1, 0.15) is 6.54 Å². The molecule has 1 N–H and O–H groups in total. The van der Waals surface area contributed by atoms with Crippen molar-refractivity contribution in [1.82, 2.24) is 5.32 Å². The molecule has 0 spiro atoms. The molecular weight excluding hydrogens is 338 g/mol. The highest BCUT2D eigenvalue weighted by atomic mass is 32.2. The zero-order valence-corrected chi connectivity index (χ0v) is 15.2. The van der Waals surface area contributed by atoms with Crippen molar-refractivity contribution in [3.05, 3.63) is 41.5 Å². The van der Waals surface area contributed by atoms with Gasteiger partial charge < -0.3 is 5.32 Å². The van der Waals surface area contributed by atoms with Crippen molar-refractivity contribution in [1.29, 1.82) is 5.26 Å². The van der Waals surface area contributed by atoms with Gasteiger partial charge in [0.2, 0.25) is 15.9 Å². The van der Waals surface area contributed by atoms with Crippen LogP contribution in [0.5, 0.6) is 0 Å². The van der Waals surface area contributed by atoms with E-state index in [2.05, 4.69) is 11.4 Å². The Morgan fingerprint density at radius 1 is 1.28 bits per heavy atom. The molecule has 2 rings (SSSR count). The van der Waals surface area contributed by atoms with Crippen LogP contribution in [0.15, 0.2) is 35.9 Å². The van der Waals surface area contributed by atoms with Gasteiger partial charge in [-0.2, -0.15) is 5.26 Å². The maximum atomic E-state index is 12.1. The van der Waals surface area contributed by atoms with Crippen LogP contribution in [0.4, 0.5) is 5.69 Å². The van der Waals surface area contributed by atoms with Crippen LogP contribution in [-0.4, -0.2) is 33.7 Å². The Labute approximate surface area is 149 Å². The summed E-state index contributed by atoms with van der Waals surface area (Å²) in [7, 11) is -3.60. The molecule has 6 nitrogen and oxygen atoms in total. The Hall–Kier alpha value is -2.33. The van der Waals surface area contributed by atoms with E-state index in [1.54, 1.807) is 0 Å². The second kappa shape index (κ2) is 8.67. The molecule has 1 aliphatic rings. The van der Waals surface area contributed by atoms with Crippen molar-refractivity contribution >= 4 is 21.6 Å².